The van der Waals surface area contributed by atoms with E-state index in [1.807, 2.05) is 6.92 Å². The summed E-state index contributed by atoms with van der Waals surface area (Å²) in [5.41, 5.74) is 7.34. The van der Waals surface area contributed by atoms with Crippen molar-refractivity contribution in [1.29, 1.82) is 0 Å². The molecular formula is C13H19N3O2. The zero-order chi connectivity index (χ0) is 13.5. The van der Waals surface area contributed by atoms with Gasteiger partial charge in [-0.05, 0) is 37.6 Å². The highest BCUT2D eigenvalue weighted by atomic mass is 16.2. The Hall–Kier alpha value is -1.88. The zero-order valence-corrected chi connectivity index (χ0v) is 10.7. The van der Waals surface area contributed by atoms with Crippen LogP contribution >= 0.6 is 0 Å². The number of hydrogen-bond acceptors (Lipinski definition) is 3. The maximum absolute atomic E-state index is 11.6. The number of benzene rings is 1. The zero-order valence-electron chi connectivity index (χ0n) is 10.7. The summed E-state index contributed by atoms with van der Waals surface area (Å²) in [6.45, 7) is 2.30. The summed E-state index contributed by atoms with van der Waals surface area (Å²) >= 11 is 0. The first-order chi connectivity index (χ1) is 8.60. The normalized spacial score (nSPS) is 9.94. The van der Waals surface area contributed by atoms with Crippen LogP contribution in [-0.2, 0) is 4.79 Å². The quantitative estimate of drug-likeness (QED) is 0.728. The first-order valence-corrected chi connectivity index (χ1v) is 5.91. The standard InChI is InChI=1S/C13H19N3O2/c1-9-10(13(18)15-2)5-3-6-11(9)16-12(17)7-4-8-14/h3,5-6H,4,7-8,14H2,1-2H3,(H,15,18)(H,16,17). The van der Waals surface area contributed by atoms with Crippen molar-refractivity contribution in [1.82, 2.24) is 5.32 Å². The molecule has 0 aliphatic heterocycles. The maximum Gasteiger partial charge on any atom is 0.251 e. The lowest BCUT2D eigenvalue weighted by atomic mass is 10.1. The van der Waals surface area contributed by atoms with Crippen molar-refractivity contribution in [3.8, 4) is 0 Å². The number of carbonyl (C=O) groups is 2. The molecule has 0 bridgehead atoms. The molecule has 98 valence electrons. The van der Waals surface area contributed by atoms with Crippen LogP contribution in [0, 0.1) is 6.92 Å². The maximum atomic E-state index is 11.6. The molecule has 5 nitrogen and oxygen atoms in total. The van der Waals surface area contributed by atoms with Crippen molar-refractivity contribution >= 4 is 17.5 Å². The molecule has 4 N–H and O–H groups in total. The van der Waals surface area contributed by atoms with Crippen molar-refractivity contribution < 1.29 is 9.59 Å². The van der Waals surface area contributed by atoms with Gasteiger partial charge in [0, 0.05) is 24.7 Å². The smallest absolute Gasteiger partial charge is 0.251 e. The molecule has 0 saturated carbocycles. The first kappa shape index (κ1) is 14.2. The number of rotatable bonds is 5. The van der Waals surface area contributed by atoms with Crippen LogP contribution in [0.15, 0.2) is 18.2 Å². The van der Waals surface area contributed by atoms with E-state index in [1.54, 1.807) is 25.2 Å². The average molecular weight is 249 g/mol. The highest BCUT2D eigenvalue weighted by Crippen LogP contribution is 2.19. The van der Waals surface area contributed by atoms with Gasteiger partial charge in [0.1, 0.15) is 0 Å². The van der Waals surface area contributed by atoms with Gasteiger partial charge in [-0.3, -0.25) is 9.59 Å². The monoisotopic (exact) mass is 249 g/mol. The Morgan fingerprint density at radius 2 is 2.06 bits per heavy atom. The fraction of sp³-hybridized carbons (Fsp3) is 0.385. The molecule has 1 rings (SSSR count). The second-order valence-electron chi connectivity index (χ2n) is 4.00. The number of carbonyl (C=O) groups excluding carboxylic acids is 2. The van der Waals surface area contributed by atoms with Gasteiger partial charge in [-0.15, -0.1) is 0 Å². The van der Waals surface area contributed by atoms with Crippen molar-refractivity contribution in [2.75, 3.05) is 18.9 Å². The molecule has 0 radical (unpaired) electrons. The third-order valence-electron chi connectivity index (χ3n) is 2.69. The van der Waals surface area contributed by atoms with E-state index in [1.165, 1.54) is 0 Å². The van der Waals surface area contributed by atoms with Crippen molar-refractivity contribution in [2.24, 2.45) is 5.73 Å². The summed E-state index contributed by atoms with van der Waals surface area (Å²) in [6.07, 6.45) is 1.04. The van der Waals surface area contributed by atoms with Gasteiger partial charge in [0.2, 0.25) is 5.91 Å². The molecule has 0 aliphatic rings. The topological polar surface area (TPSA) is 84.2 Å². The summed E-state index contributed by atoms with van der Waals surface area (Å²) in [4.78, 5) is 23.2. The van der Waals surface area contributed by atoms with Gasteiger partial charge in [-0.25, -0.2) is 0 Å². The van der Waals surface area contributed by atoms with E-state index in [-0.39, 0.29) is 11.8 Å². The Morgan fingerprint density at radius 3 is 2.67 bits per heavy atom. The Morgan fingerprint density at radius 1 is 1.33 bits per heavy atom. The molecule has 0 atom stereocenters. The van der Waals surface area contributed by atoms with Gasteiger partial charge in [0.25, 0.3) is 5.91 Å². The molecule has 0 saturated heterocycles. The average Bonchev–Trinajstić information content (AvgIpc) is 2.38. The van der Waals surface area contributed by atoms with Crippen LogP contribution in [0.5, 0.6) is 0 Å². The molecule has 0 aromatic heterocycles. The van der Waals surface area contributed by atoms with Gasteiger partial charge in [-0.1, -0.05) is 6.07 Å². The molecule has 1 aromatic carbocycles. The molecule has 0 unspecified atom stereocenters. The predicted molar refractivity (Wildman–Crippen MR) is 71.5 cm³/mol. The molecule has 2 amide bonds. The van der Waals surface area contributed by atoms with Crippen LogP contribution in [-0.4, -0.2) is 25.4 Å². The number of nitrogens with one attached hydrogen (secondary N) is 2. The number of amides is 2. The Bertz CT molecular complexity index is 444. The van der Waals surface area contributed by atoms with Crippen LogP contribution < -0.4 is 16.4 Å². The predicted octanol–water partition coefficient (Wildman–Crippen LogP) is 1.03. The fourth-order valence-corrected chi connectivity index (χ4v) is 1.63. The Balaban J connectivity index is 2.84. The Labute approximate surface area is 107 Å². The van der Waals surface area contributed by atoms with E-state index in [2.05, 4.69) is 10.6 Å². The van der Waals surface area contributed by atoms with Crippen molar-refractivity contribution in [3.63, 3.8) is 0 Å². The van der Waals surface area contributed by atoms with Crippen LogP contribution in [0.2, 0.25) is 0 Å². The van der Waals surface area contributed by atoms with Gasteiger partial charge < -0.3 is 16.4 Å². The Kier molecular flexibility index (Phi) is 5.32. The van der Waals surface area contributed by atoms with Gasteiger partial charge >= 0.3 is 0 Å². The van der Waals surface area contributed by atoms with Crippen molar-refractivity contribution in [2.45, 2.75) is 19.8 Å². The van der Waals surface area contributed by atoms with Gasteiger partial charge in [0.15, 0.2) is 0 Å². The lowest BCUT2D eigenvalue weighted by Gasteiger charge is -2.11. The second kappa shape index (κ2) is 6.76. The molecular weight excluding hydrogens is 230 g/mol. The fourth-order valence-electron chi connectivity index (χ4n) is 1.63. The summed E-state index contributed by atoms with van der Waals surface area (Å²) in [5, 5.41) is 5.36. The van der Waals surface area contributed by atoms with Crippen LogP contribution in [0.25, 0.3) is 0 Å². The minimum Gasteiger partial charge on any atom is -0.355 e. The number of anilines is 1. The van der Waals surface area contributed by atoms with E-state index in [4.69, 9.17) is 5.73 Å². The lowest BCUT2D eigenvalue weighted by molar-refractivity contribution is -0.116. The third-order valence-corrected chi connectivity index (χ3v) is 2.69. The molecule has 0 heterocycles. The minimum atomic E-state index is -0.162. The highest BCUT2D eigenvalue weighted by molar-refractivity contribution is 5.99. The second-order valence-corrected chi connectivity index (χ2v) is 4.00. The molecule has 5 heteroatoms. The van der Waals surface area contributed by atoms with Crippen LogP contribution in [0.4, 0.5) is 5.69 Å². The lowest BCUT2D eigenvalue weighted by Crippen LogP contribution is -2.20. The molecule has 0 spiro atoms. The van der Waals surface area contributed by atoms with E-state index < -0.39 is 0 Å². The first-order valence-electron chi connectivity index (χ1n) is 5.91. The van der Waals surface area contributed by atoms with Gasteiger partial charge in [0.05, 0.1) is 0 Å². The van der Waals surface area contributed by atoms with E-state index in [0.717, 1.165) is 5.56 Å². The van der Waals surface area contributed by atoms with E-state index in [0.29, 0.717) is 30.6 Å². The molecule has 18 heavy (non-hydrogen) atoms. The summed E-state index contributed by atoms with van der Waals surface area (Å²) in [6, 6.07) is 5.25. The molecule has 0 aliphatic carbocycles. The van der Waals surface area contributed by atoms with E-state index in [9.17, 15) is 9.59 Å². The van der Waals surface area contributed by atoms with Crippen molar-refractivity contribution in [3.05, 3.63) is 29.3 Å². The summed E-state index contributed by atoms with van der Waals surface area (Å²) in [5.74, 6) is -0.247. The van der Waals surface area contributed by atoms with Crippen LogP contribution in [0.3, 0.4) is 0 Å². The van der Waals surface area contributed by atoms with Gasteiger partial charge in [-0.2, -0.15) is 0 Å². The SMILES string of the molecule is CNC(=O)c1cccc(NC(=O)CCCN)c1C. The largest absolute Gasteiger partial charge is 0.355 e. The molecule has 0 fully saturated rings. The number of hydrogen-bond donors (Lipinski definition) is 3. The molecule has 1 aromatic rings. The number of nitrogens with two attached hydrogens (primary N) is 1. The van der Waals surface area contributed by atoms with E-state index >= 15 is 0 Å². The summed E-state index contributed by atoms with van der Waals surface area (Å²) in [7, 11) is 1.58. The highest BCUT2D eigenvalue weighted by Gasteiger charge is 2.11. The minimum absolute atomic E-state index is 0.0855. The van der Waals surface area contributed by atoms with Crippen LogP contribution in [0.1, 0.15) is 28.8 Å². The third kappa shape index (κ3) is 3.56. The summed E-state index contributed by atoms with van der Waals surface area (Å²) < 4.78 is 0.